The highest BCUT2D eigenvalue weighted by Gasteiger charge is 2.32. The lowest BCUT2D eigenvalue weighted by Crippen LogP contribution is -2.41. The number of alkyl halides is 3. The topological polar surface area (TPSA) is 144 Å². The number of H-pyrrole nitrogens is 1. The number of hydroxylamine groups is 1. The summed E-state index contributed by atoms with van der Waals surface area (Å²) in [6.45, 7) is 7.77. The fourth-order valence-corrected chi connectivity index (χ4v) is 5.52. The van der Waals surface area contributed by atoms with Crippen molar-refractivity contribution >= 4 is 33.7 Å². The van der Waals surface area contributed by atoms with Gasteiger partial charge in [-0.25, -0.2) is 23.6 Å². The van der Waals surface area contributed by atoms with Crippen LogP contribution in [0.3, 0.4) is 0 Å². The first kappa shape index (κ1) is 27.2. The lowest BCUT2D eigenvalue weighted by molar-refractivity contribution is -0.130. The third kappa shape index (κ3) is 8.08. The van der Waals surface area contributed by atoms with Gasteiger partial charge in [0.05, 0.1) is 36.5 Å². The van der Waals surface area contributed by atoms with Crippen molar-refractivity contribution in [2.24, 2.45) is 4.99 Å². The molecule has 1 aliphatic carbocycles. The number of aromatic amines is 1. The number of rotatable bonds is 8. The average molecular weight is 524 g/mol. The molecule has 2 heterocycles. The van der Waals surface area contributed by atoms with E-state index >= 15 is 0 Å². The van der Waals surface area contributed by atoms with E-state index in [1.54, 1.807) is 6.08 Å². The maximum atomic E-state index is 12.3. The fraction of sp³-hybridized carbons (Fsp3) is 0.700. The van der Waals surface area contributed by atoms with Crippen molar-refractivity contribution in [2.45, 2.75) is 63.4 Å². The second kappa shape index (κ2) is 11.6. The number of sulfonamides is 1. The number of aromatic nitrogens is 2. The molecule has 0 spiro atoms. The predicted octanol–water partition coefficient (Wildman–Crippen LogP) is 2.21. The minimum Gasteiger partial charge on any atom is -0.375 e. The summed E-state index contributed by atoms with van der Waals surface area (Å²) in [6, 6.07) is -0.667. The molecule has 0 radical (unpaired) electrons. The van der Waals surface area contributed by atoms with Gasteiger partial charge in [-0.1, -0.05) is 12.7 Å². The molecular weight excluding hydrogens is 491 g/mol. The number of hydrogen-bond acceptors (Lipinski definition) is 7. The maximum Gasteiger partial charge on any atom is 0.390 e. The predicted molar refractivity (Wildman–Crippen MR) is 126 cm³/mol. The van der Waals surface area contributed by atoms with Crippen LogP contribution in [0.4, 0.5) is 24.8 Å². The van der Waals surface area contributed by atoms with Crippen LogP contribution in [-0.2, 0) is 14.8 Å². The molecule has 35 heavy (non-hydrogen) atoms. The highest BCUT2D eigenvalue weighted by molar-refractivity contribution is 7.89. The first-order chi connectivity index (χ1) is 16.5. The summed E-state index contributed by atoms with van der Waals surface area (Å²) in [5.41, 5.74) is 2.74. The van der Waals surface area contributed by atoms with Crippen molar-refractivity contribution in [1.29, 1.82) is 0 Å². The Balaban J connectivity index is 1.57. The molecule has 1 aromatic heterocycles. The molecule has 15 heteroatoms. The number of ether oxygens (including phenoxy) is 1. The number of nitrogens with one attached hydrogen (secondary N) is 4. The maximum absolute atomic E-state index is 12.3. The van der Waals surface area contributed by atoms with Gasteiger partial charge in [-0.15, -0.1) is 0 Å². The first-order valence-electron chi connectivity index (χ1n) is 11.4. The van der Waals surface area contributed by atoms with E-state index in [2.05, 4.69) is 36.7 Å². The van der Waals surface area contributed by atoms with Gasteiger partial charge in [-0.2, -0.15) is 18.3 Å². The van der Waals surface area contributed by atoms with E-state index in [4.69, 9.17) is 4.74 Å². The molecule has 2 aliphatic rings. The molecule has 11 nitrogen and oxygen atoms in total. The minimum absolute atomic E-state index is 0.0648. The van der Waals surface area contributed by atoms with Crippen molar-refractivity contribution in [3.05, 3.63) is 12.1 Å². The summed E-state index contributed by atoms with van der Waals surface area (Å²) in [7, 11) is -4.02. The van der Waals surface area contributed by atoms with Crippen LogP contribution < -0.4 is 20.4 Å². The number of aliphatic imine (C=N–C) groups is 1. The first-order valence-corrected chi connectivity index (χ1v) is 13.0. The number of guanidine groups is 1. The summed E-state index contributed by atoms with van der Waals surface area (Å²) < 4.78 is 68.8. The van der Waals surface area contributed by atoms with Gasteiger partial charge in [0.2, 0.25) is 16.0 Å². The number of halogens is 3. The quantitative estimate of drug-likeness (QED) is 0.198. The van der Waals surface area contributed by atoms with Crippen molar-refractivity contribution in [3.63, 3.8) is 0 Å². The van der Waals surface area contributed by atoms with Crippen molar-refractivity contribution in [1.82, 2.24) is 20.4 Å². The number of morpholine rings is 1. The number of hydrogen-bond donors (Lipinski definition) is 5. The number of nitrogens with zero attached hydrogens (tertiary/aromatic N) is 3. The summed E-state index contributed by atoms with van der Waals surface area (Å²) >= 11 is 0. The van der Waals surface area contributed by atoms with E-state index in [0.717, 1.165) is 0 Å². The van der Waals surface area contributed by atoms with E-state index < -0.39 is 34.4 Å². The van der Waals surface area contributed by atoms with Gasteiger partial charge in [0.25, 0.3) is 0 Å². The standard InChI is InChI=1S/C20H32F3N7O4S/c1-3-16-17(26-27-18(16)30-9-10-34-13(2)12-30)25-19(28-31)24-14-4-6-15(7-5-14)29-35(32,33)11-8-20(21,22)23/h3,13-15,29,31H,1,4-12H2,2H3,(H3,24,25,26,27,28)/t13-,14?,15?/m0/s1. The van der Waals surface area contributed by atoms with Gasteiger partial charge in [0.1, 0.15) is 5.82 Å². The van der Waals surface area contributed by atoms with Gasteiger partial charge in [-0.3, -0.25) is 10.3 Å². The van der Waals surface area contributed by atoms with Crippen LogP contribution in [-0.4, -0.2) is 79.6 Å². The van der Waals surface area contributed by atoms with E-state index in [0.29, 0.717) is 62.6 Å². The Hall–Kier alpha value is -2.36. The normalized spacial score (nSPS) is 24.3. The van der Waals surface area contributed by atoms with Crippen molar-refractivity contribution < 1.29 is 31.5 Å². The van der Waals surface area contributed by atoms with Crippen LogP contribution >= 0.6 is 0 Å². The molecule has 0 unspecified atom stereocenters. The lowest BCUT2D eigenvalue weighted by Gasteiger charge is -2.31. The molecule has 5 N–H and O–H groups in total. The van der Waals surface area contributed by atoms with E-state index in [1.165, 1.54) is 0 Å². The van der Waals surface area contributed by atoms with Gasteiger partial charge < -0.3 is 15.0 Å². The summed E-state index contributed by atoms with van der Waals surface area (Å²) in [5, 5.41) is 19.8. The molecular formula is C20H32F3N7O4S. The molecule has 0 amide bonds. The second-order valence-corrected chi connectivity index (χ2v) is 10.6. The zero-order valence-electron chi connectivity index (χ0n) is 19.4. The molecule has 0 aromatic carbocycles. The molecule has 1 saturated carbocycles. The van der Waals surface area contributed by atoms with Gasteiger partial charge in [0.15, 0.2) is 5.82 Å². The van der Waals surface area contributed by atoms with Crippen LogP contribution in [0, 0.1) is 0 Å². The Morgan fingerprint density at radius 1 is 1.37 bits per heavy atom. The Labute approximate surface area is 202 Å². The molecule has 2 fully saturated rings. The highest BCUT2D eigenvalue weighted by Crippen LogP contribution is 2.28. The minimum atomic E-state index is -4.52. The van der Waals surface area contributed by atoms with Crippen LogP contribution in [0.15, 0.2) is 11.6 Å². The monoisotopic (exact) mass is 523 g/mol. The van der Waals surface area contributed by atoms with Gasteiger partial charge in [0, 0.05) is 19.1 Å². The third-order valence-corrected chi connectivity index (χ3v) is 7.32. The second-order valence-electron chi connectivity index (χ2n) is 8.69. The third-order valence-electron chi connectivity index (χ3n) is 5.89. The van der Waals surface area contributed by atoms with Crippen molar-refractivity contribution in [2.75, 3.05) is 35.7 Å². The average Bonchev–Trinajstić information content (AvgIpc) is 3.20. The summed E-state index contributed by atoms with van der Waals surface area (Å²) in [6.07, 6.45) is -2.38. The molecule has 1 atom stereocenters. The van der Waals surface area contributed by atoms with E-state index in [1.807, 2.05) is 12.4 Å². The number of anilines is 2. The molecule has 1 aromatic rings. The molecule has 1 saturated heterocycles. The molecule has 1 aliphatic heterocycles. The van der Waals surface area contributed by atoms with E-state index in [9.17, 15) is 26.8 Å². The van der Waals surface area contributed by atoms with Gasteiger partial charge >= 0.3 is 6.18 Å². The molecule has 3 rings (SSSR count). The highest BCUT2D eigenvalue weighted by atomic mass is 32.2. The summed E-state index contributed by atoms with van der Waals surface area (Å²) in [4.78, 5) is 6.54. The fourth-order valence-electron chi connectivity index (χ4n) is 4.16. The molecule has 0 bridgehead atoms. The van der Waals surface area contributed by atoms with Crippen molar-refractivity contribution in [3.8, 4) is 0 Å². The lowest BCUT2D eigenvalue weighted by atomic mass is 9.92. The Kier molecular flexibility index (Phi) is 9.01. The van der Waals surface area contributed by atoms with Crippen LogP contribution in [0.5, 0.6) is 0 Å². The Bertz CT molecular complexity index is 991. The largest absolute Gasteiger partial charge is 0.390 e. The molecule has 198 valence electrons. The zero-order valence-corrected chi connectivity index (χ0v) is 20.3. The van der Waals surface area contributed by atoms with E-state index in [-0.39, 0.29) is 18.1 Å². The Morgan fingerprint density at radius 3 is 2.69 bits per heavy atom. The van der Waals surface area contributed by atoms with Crippen LogP contribution in [0.2, 0.25) is 0 Å². The Morgan fingerprint density at radius 2 is 2.09 bits per heavy atom. The van der Waals surface area contributed by atoms with Gasteiger partial charge in [-0.05, 0) is 32.6 Å². The summed E-state index contributed by atoms with van der Waals surface area (Å²) in [5.74, 6) is 0.278. The van der Waals surface area contributed by atoms with Crippen LogP contribution in [0.1, 0.15) is 44.6 Å². The smallest absolute Gasteiger partial charge is 0.375 e. The SMILES string of the molecule is C=Cc1c(N2CCO[C@@H](C)C2)n[nH]c1NC(=NC1CCC(NS(=O)(=O)CCC(F)(F)F)CC1)NO. The van der Waals surface area contributed by atoms with Crippen LogP contribution in [0.25, 0.3) is 6.08 Å². The zero-order chi connectivity index (χ0) is 25.6.